The van der Waals surface area contributed by atoms with E-state index in [4.69, 9.17) is 10.5 Å². The Kier molecular flexibility index (Phi) is 4.96. The first-order valence-electron chi connectivity index (χ1n) is 7.43. The van der Waals surface area contributed by atoms with Crippen molar-refractivity contribution < 1.29 is 4.74 Å². The quantitative estimate of drug-likeness (QED) is 0.676. The Balaban J connectivity index is 1.67. The molecule has 0 fully saturated rings. The molecule has 24 heavy (non-hydrogen) atoms. The Labute approximate surface area is 148 Å². The van der Waals surface area contributed by atoms with Crippen LogP contribution in [0, 0.1) is 6.92 Å². The number of imidazole rings is 1. The van der Waals surface area contributed by atoms with Crippen molar-refractivity contribution in [3.05, 3.63) is 76.0 Å². The molecule has 0 amide bonds. The van der Waals surface area contributed by atoms with Crippen LogP contribution in [-0.4, -0.2) is 15.9 Å². The molecule has 0 aliphatic rings. The van der Waals surface area contributed by atoms with Crippen LogP contribution in [0.15, 0.2) is 64.3 Å². The molecule has 0 unspecified atom stereocenters. The van der Waals surface area contributed by atoms with Gasteiger partial charge in [-0.05, 0) is 42.3 Å². The lowest BCUT2D eigenvalue weighted by molar-refractivity contribution is 0.306. The van der Waals surface area contributed by atoms with Gasteiger partial charge in [-0.1, -0.05) is 40.2 Å². The summed E-state index contributed by atoms with van der Waals surface area (Å²) in [6.45, 7) is 2.39. The maximum atomic E-state index is 5.83. The molecular formula is C18H17BrN4O. The van der Waals surface area contributed by atoms with Crippen LogP contribution in [0.25, 0.3) is 0 Å². The first-order valence-corrected chi connectivity index (χ1v) is 8.22. The van der Waals surface area contributed by atoms with Crippen LogP contribution < -0.4 is 10.5 Å². The molecular weight excluding hydrogens is 368 g/mol. The van der Waals surface area contributed by atoms with Crippen LogP contribution in [0.1, 0.15) is 16.8 Å². The fraction of sp³-hybridized carbons (Fsp3) is 0.111. The number of hydrogen-bond acceptors (Lipinski definition) is 4. The van der Waals surface area contributed by atoms with Crippen molar-refractivity contribution in [1.29, 1.82) is 0 Å². The van der Waals surface area contributed by atoms with Gasteiger partial charge in [-0.15, -0.1) is 0 Å². The average Bonchev–Trinajstić information content (AvgIpc) is 2.90. The zero-order valence-corrected chi connectivity index (χ0v) is 14.8. The van der Waals surface area contributed by atoms with Gasteiger partial charge in [-0.25, -0.2) is 9.66 Å². The molecule has 3 aromatic rings. The largest absolute Gasteiger partial charge is 0.489 e. The number of benzene rings is 2. The Morgan fingerprint density at radius 2 is 2.04 bits per heavy atom. The van der Waals surface area contributed by atoms with Gasteiger partial charge in [0, 0.05) is 4.47 Å². The molecule has 1 aromatic heterocycles. The number of aryl methyl sites for hydroxylation is 1. The van der Waals surface area contributed by atoms with Crippen LogP contribution in [-0.2, 0) is 6.61 Å². The van der Waals surface area contributed by atoms with Crippen LogP contribution in [0.2, 0.25) is 0 Å². The van der Waals surface area contributed by atoms with Gasteiger partial charge in [0.25, 0.3) is 0 Å². The predicted octanol–water partition coefficient (Wildman–Crippen LogP) is 4.00. The van der Waals surface area contributed by atoms with E-state index in [0.29, 0.717) is 12.6 Å². The molecule has 0 atom stereocenters. The van der Waals surface area contributed by atoms with Gasteiger partial charge in [-0.3, -0.25) is 0 Å². The van der Waals surface area contributed by atoms with Gasteiger partial charge in [0.1, 0.15) is 12.4 Å². The molecule has 0 bridgehead atoms. The second-order valence-corrected chi connectivity index (χ2v) is 6.23. The fourth-order valence-electron chi connectivity index (χ4n) is 2.16. The molecule has 3 rings (SSSR count). The highest BCUT2D eigenvalue weighted by Gasteiger charge is 2.00. The van der Waals surface area contributed by atoms with Crippen LogP contribution in [0.5, 0.6) is 5.75 Å². The number of nitrogens with zero attached hydrogens (tertiary/aromatic N) is 3. The molecule has 2 aromatic carbocycles. The van der Waals surface area contributed by atoms with Crippen molar-refractivity contribution >= 4 is 28.1 Å². The Morgan fingerprint density at radius 1 is 1.25 bits per heavy atom. The summed E-state index contributed by atoms with van der Waals surface area (Å²) in [5.74, 6) is 1.16. The number of rotatable bonds is 5. The minimum absolute atomic E-state index is 0.367. The highest BCUT2D eigenvalue weighted by molar-refractivity contribution is 9.10. The van der Waals surface area contributed by atoms with Crippen molar-refractivity contribution in [2.45, 2.75) is 13.5 Å². The summed E-state index contributed by atoms with van der Waals surface area (Å²) in [6, 6.07) is 15.8. The van der Waals surface area contributed by atoms with E-state index >= 15 is 0 Å². The summed E-state index contributed by atoms with van der Waals surface area (Å²) in [5.41, 5.74) is 8.63. The van der Waals surface area contributed by atoms with Crippen molar-refractivity contribution in [2.24, 2.45) is 5.10 Å². The molecule has 2 N–H and O–H groups in total. The van der Waals surface area contributed by atoms with Gasteiger partial charge >= 0.3 is 0 Å². The van der Waals surface area contributed by atoms with Crippen molar-refractivity contribution in [2.75, 3.05) is 5.73 Å². The van der Waals surface area contributed by atoms with Gasteiger partial charge in [-0.2, -0.15) is 5.10 Å². The molecule has 0 saturated heterocycles. The van der Waals surface area contributed by atoms with E-state index in [1.54, 1.807) is 17.1 Å². The van der Waals surface area contributed by atoms with Crippen molar-refractivity contribution in [3.8, 4) is 5.75 Å². The van der Waals surface area contributed by atoms with Crippen LogP contribution >= 0.6 is 15.9 Å². The highest BCUT2D eigenvalue weighted by Crippen LogP contribution is 2.16. The smallest absolute Gasteiger partial charge is 0.221 e. The maximum absolute atomic E-state index is 5.83. The van der Waals surface area contributed by atoms with Crippen molar-refractivity contribution in [1.82, 2.24) is 9.66 Å². The van der Waals surface area contributed by atoms with E-state index in [1.165, 1.54) is 0 Å². The van der Waals surface area contributed by atoms with Crippen molar-refractivity contribution in [3.63, 3.8) is 0 Å². The van der Waals surface area contributed by atoms with Gasteiger partial charge in [0.15, 0.2) is 0 Å². The molecule has 0 spiro atoms. The molecule has 0 saturated carbocycles. The zero-order valence-electron chi connectivity index (χ0n) is 13.2. The Morgan fingerprint density at radius 3 is 2.75 bits per heavy atom. The third-order valence-electron chi connectivity index (χ3n) is 3.34. The number of halogens is 1. The molecule has 6 heteroatoms. The first-order chi connectivity index (χ1) is 11.6. The number of nitrogens with two attached hydrogens (primary N) is 1. The minimum Gasteiger partial charge on any atom is -0.489 e. The van der Waals surface area contributed by atoms with E-state index in [1.807, 2.05) is 55.5 Å². The topological polar surface area (TPSA) is 65.4 Å². The molecule has 0 aliphatic carbocycles. The number of anilines is 1. The van der Waals surface area contributed by atoms with E-state index in [0.717, 1.165) is 27.0 Å². The monoisotopic (exact) mass is 384 g/mol. The van der Waals surface area contributed by atoms with Gasteiger partial charge in [0.2, 0.25) is 5.95 Å². The Bertz CT molecular complexity index is 856. The second kappa shape index (κ2) is 7.31. The molecule has 1 heterocycles. The molecule has 5 nitrogen and oxygen atoms in total. The molecule has 122 valence electrons. The molecule has 0 radical (unpaired) electrons. The lowest BCUT2D eigenvalue weighted by Gasteiger charge is -2.07. The van der Waals surface area contributed by atoms with E-state index in [2.05, 4.69) is 26.0 Å². The van der Waals surface area contributed by atoms with E-state index in [-0.39, 0.29) is 0 Å². The standard InChI is InChI=1S/C18H17BrN4O/c1-13-11-23(18(20)22-13)21-10-15-3-2-4-17(9-15)24-12-14-5-7-16(19)8-6-14/h2-11H,12H2,1H3,(H2,20,22). The SMILES string of the molecule is Cc1cn(N=Cc2cccc(OCc3ccc(Br)cc3)c2)c(N)n1. The average molecular weight is 385 g/mol. The molecule has 0 aliphatic heterocycles. The fourth-order valence-corrected chi connectivity index (χ4v) is 2.42. The van der Waals surface area contributed by atoms with Crippen LogP contribution in [0.3, 0.4) is 0 Å². The van der Waals surface area contributed by atoms with Gasteiger partial charge < -0.3 is 10.5 Å². The van der Waals surface area contributed by atoms with Gasteiger partial charge in [0.05, 0.1) is 18.1 Å². The predicted molar refractivity (Wildman–Crippen MR) is 99.3 cm³/mol. The minimum atomic E-state index is 0.367. The zero-order chi connectivity index (χ0) is 16.9. The summed E-state index contributed by atoms with van der Waals surface area (Å²) < 4.78 is 8.43. The lowest BCUT2D eigenvalue weighted by atomic mass is 10.2. The third kappa shape index (κ3) is 4.23. The summed E-state index contributed by atoms with van der Waals surface area (Å²) in [4.78, 5) is 4.11. The van der Waals surface area contributed by atoms with Crippen LogP contribution in [0.4, 0.5) is 5.95 Å². The highest BCUT2D eigenvalue weighted by atomic mass is 79.9. The summed E-state index contributed by atoms with van der Waals surface area (Å²) in [6.07, 6.45) is 3.50. The Hall–Kier alpha value is -2.60. The summed E-state index contributed by atoms with van der Waals surface area (Å²) in [5, 5.41) is 4.31. The second-order valence-electron chi connectivity index (χ2n) is 5.32. The number of aromatic nitrogens is 2. The van der Waals surface area contributed by atoms with E-state index < -0.39 is 0 Å². The number of hydrogen-bond donors (Lipinski definition) is 1. The van der Waals surface area contributed by atoms with E-state index in [9.17, 15) is 0 Å². The number of ether oxygens (including phenoxy) is 1. The first kappa shape index (κ1) is 16.3. The number of nitrogen functional groups attached to an aromatic ring is 1. The third-order valence-corrected chi connectivity index (χ3v) is 3.87. The maximum Gasteiger partial charge on any atom is 0.221 e. The summed E-state index contributed by atoms with van der Waals surface area (Å²) >= 11 is 3.42. The normalized spacial score (nSPS) is 11.1. The lowest BCUT2D eigenvalue weighted by Crippen LogP contribution is -1.98. The summed E-state index contributed by atoms with van der Waals surface area (Å²) in [7, 11) is 0.